The van der Waals surface area contributed by atoms with E-state index in [9.17, 15) is 0 Å². The molecule has 122 valence electrons. The van der Waals surface area contributed by atoms with Crippen molar-refractivity contribution in [1.29, 1.82) is 0 Å². The molecule has 0 atom stereocenters. The van der Waals surface area contributed by atoms with Crippen LogP contribution in [0, 0.1) is 0 Å². The molecule has 2 aromatic rings. The molecule has 1 N–H and O–H groups in total. The van der Waals surface area contributed by atoms with Crippen LogP contribution in [0.1, 0.15) is 11.1 Å². The van der Waals surface area contributed by atoms with Crippen LogP contribution in [0.4, 0.5) is 0 Å². The van der Waals surface area contributed by atoms with E-state index in [2.05, 4.69) is 11.4 Å². The SMILES string of the molecule is COc1cc(CNCCc2ccc3c(c2)OCO3)cc(OC)c1. The molecule has 0 fully saturated rings. The maximum atomic E-state index is 5.40. The molecule has 0 aromatic heterocycles. The van der Waals surface area contributed by atoms with Crippen molar-refractivity contribution < 1.29 is 18.9 Å². The van der Waals surface area contributed by atoms with Gasteiger partial charge >= 0.3 is 0 Å². The Balaban J connectivity index is 1.51. The van der Waals surface area contributed by atoms with Crippen LogP contribution in [0.25, 0.3) is 0 Å². The van der Waals surface area contributed by atoms with Gasteiger partial charge in [-0.1, -0.05) is 6.07 Å². The van der Waals surface area contributed by atoms with E-state index < -0.39 is 0 Å². The third-order valence-corrected chi connectivity index (χ3v) is 3.77. The molecule has 3 rings (SSSR count). The van der Waals surface area contributed by atoms with E-state index in [1.807, 2.05) is 30.3 Å². The fourth-order valence-electron chi connectivity index (χ4n) is 2.53. The van der Waals surface area contributed by atoms with E-state index in [0.717, 1.165) is 48.1 Å². The lowest BCUT2D eigenvalue weighted by Crippen LogP contribution is -2.16. The molecule has 1 aliphatic heterocycles. The molecule has 1 heterocycles. The van der Waals surface area contributed by atoms with Gasteiger partial charge in [-0.25, -0.2) is 0 Å². The van der Waals surface area contributed by atoms with Crippen molar-refractivity contribution >= 4 is 0 Å². The lowest BCUT2D eigenvalue weighted by atomic mass is 10.1. The molecular weight excluding hydrogens is 294 g/mol. The standard InChI is InChI=1S/C18H21NO4/c1-20-15-7-14(8-16(10-15)21-2)11-19-6-5-13-3-4-17-18(9-13)23-12-22-17/h3-4,7-10,19H,5-6,11-12H2,1-2H3. The number of benzene rings is 2. The van der Waals surface area contributed by atoms with Crippen LogP contribution in [0.2, 0.25) is 0 Å². The molecule has 0 amide bonds. The molecule has 0 bridgehead atoms. The monoisotopic (exact) mass is 315 g/mol. The van der Waals surface area contributed by atoms with Crippen LogP contribution in [-0.2, 0) is 13.0 Å². The minimum Gasteiger partial charge on any atom is -0.497 e. The molecule has 0 radical (unpaired) electrons. The maximum Gasteiger partial charge on any atom is 0.231 e. The quantitative estimate of drug-likeness (QED) is 0.796. The number of fused-ring (bicyclic) bond motifs is 1. The average Bonchev–Trinajstić information content (AvgIpc) is 3.06. The number of hydrogen-bond acceptors (Lipinski definition) is 5. The fourth-order valence-corrected chi connectivity index (χ4v) is 2.53. The summed E-state index contributed by atoms with van der Waals surface area (Å²) in [5.74, 6) is 3.26. The van der Waals surface area contributed by atoms with Crippen LogP contribution >= 0.6 is 0 Å². The summed E-state index contributed by atoms with van der Waals surface area (Å²) in [4.78, 5) is 0. The Labute approximate surface area is 136 Å². The molecule has 5 heteroatoms. The maximum absolute atomic E-state index is 5.40. The number of ether oxygens (including phenoxy) is 4. The Morgan fingerprint density at radius 2 is 1.65 bits per heavy atom. The zero-order valence-corrected chi connectivity index (χ0v) is 13.4. The minimum absolute atomic E-state index is 0.314. The van der Waals surface area contributed by atoms with Crippen molar-refractivity contribution in [1.82, 2.24) is 5.32 Å². The Morgan fingerprint density at radius 3 is 2.39 bits per heavy atom. The van der Waals surface area contributed by atoms with Gasteiger partial charge in [0, 0.05) is 12.6 Å². The van der Waals surface area contributed by atoms with Crippen molar-refractivity contribution in [3.8, 4) is 23.0 Å². The second-order valence-electron chi connectivity index (χ2n) is 5.34. The Kier molecular flexibility index (Phi) is 4.88. The zero-order valence-electron chi connectivity index (χ0n) is 13.4. The van der Waals surface area contributed by atoms with Crippen molar-refractivity contribution in [3.05, 3.63) is 47.5 Å². The molecular formula is C18H21NO4. The fraction of sp³-hybridized carbons (Fsp3) is 0.333. The first kappa shape index (κ1) is 15.5. The first-order chi connectivity index (χ1) is 11.3. The molecule has 0 spiro atoms. The van der Waals surface area contributed by atoms with Crippen molar-refractivity contribution in [2.75, 3.05) is 27.6 Å². The Hall–Kier alpha value is -2.40. The van der Waals surface area contributed by atoms with Crippen molar-refractivity contribution in [2.45, 2.75) is 13.0 Å². The first-order valence-corrected chi connectivity index (χ1v) is 7.59. The molecule has 0 unspecified atom stereocenters. The molecule has 0 saturated carbocycles. The summed E-state index contributed by atoms with van der Waals surface area (Å²) in [7, 11) is 3.32. The van der Waals surface area contributed by atoms with Gasteiger partial charge in [0.2, 0.25) is 6.79 Å². The van der Waals surface area contributed by atoms with Crippen molar-refractivity contribution in [3.63, 3.8) is 0 Å². The summed E-state index contributed by atoms with van der Waals surface area (Å²) >= 11 is 0. The predicted molar refractivity (Wildman–Crippen MR) is 87.5 cm³/mol. The van der Waals surface area contributed by atoms with E-state index in [4.69, 9.17) is 18.9 Å². The van der Waals surface area contributed by atoms with Gasteiger partial charge in [0.15, 0.2) is 11.5 Å². The van der Waals surface area contributed by atoms with Crippen molar-refractivity contribution in [2.24, 2.45) is 0 Å². The highest BCUT2D eigenvalue weighted by atomic mass is 16.7. The summed E-state index contributed by atoms with van der Waals surface area (Å²) in [6, 6.07) is 12.0. The molecule has 0 aliphatic carbocycles. The third-order valence-electron chi connectivity index (χ3n) is 3.77. The van der Waals surface area contributed by atoms with Gasteiger partial charge in [0.1, 0.15) is 11.5 Å². The molecule has 1 aliphatic rings. The third kappa shape index (κ3) is 3.87. The Morgan fingerprint density at radius 1 is 0.913 bits per heavy atom. The van der Waals surface area contributed by atoms with Gasteiger partial charge in [0.25, 0.3) is 0 Å². The van der Waals surface area contributed by atoms with Gasteiger partial charge in [-0.15, -0.1) is 0 Å². The normalized spacial score (nSPS) is 12.3. The smallest absolute Gasteiger partial charge is 0.231 e. The highest BCUT2D eigenvalue weighted by Crippen LogP contribution is 2.32. The van der Waals surface area contributed by atoms with Gasteiger partial charge in [0.05, 0.1) is 14.2 Å². The average molecular weight is 315 g/mol. The van der Waals surface area contributed by atoms with E-state index in [-0.39, 0.29) is 0 Å². The number of nitrogens with one attached hydrogen (secondary N) is 1. The molecule has 0 saturated heterocycles. The number of hydrogen-bond donors (Lipinski definition) is 1. The highest BCUT2D eigenvalue weighted by molar-refractivity contribution is 5.44. The van der Waals surface area contributed by atoms with Crippen LogP contribution in [0.3, 0.4) is 0 Å². The first-order valence-electron chi connectivity index (χ1n) is 7.59. The second kappa shape index (κ2) is 7.24. The Bertz CT molecular complexity index is 650. The largest absolute Gasteiger partial charge is 0.497 e. The molecule has 23 heavy (non-hydrogen) atoms. The number of methoxy groups -OCH3 is 2. The second-order valence-corrected chi connectivity index (χ2v) is 5.34. The van der Waals surface area contributed by atoms with Gasteiger partial charge in [-0.2, -0.15) is 0 Å². The lowest BCUT2D eigenvalue weighted by molar-refractivity contribution is 0.174. The van der Waals surface area contributed by atoms with Crippen LogP contribution in [0.15, 0.2) is 36.4 Å². The summed E-state index contributed by atoms with van der Waals surface area (Å²) in [5.41, 5.74) is 2.36. The van der Waals surface area contributed by atoms with Crippen LogP contribution in [-0.4, -0.2) is 27.6 Å². The van der Waals surface area contributed by atoms with E-state index in [0.29, 0.717) is 6.79 Å². The zero-order chi connectivity index (χ0) is 16.1. The van der Waals surface area contributed by atoms with Gasteiger partial charge in [-0.05, 0) is 48.4 Å². The topological polar surface area (TPSA) is 49.0 Å². The molecule has 2 aromatic carbocycles. The van der Waals surface area contributed by atoms with E-state index in [1.54, 1.807) is 14.2 Å². The summed E-state index contributed by atoms with van der Waals surface area (Å²) in [6.07, 6.45) is 0.928. The summed E-state index contributed by atoms with van der Waals surface area (Å²) in [6.45, 7) is 1.95. The lowest BCUT2D eigenvalue weighted by Gasteiger charge is -2.10. The van der Waals surface area contributed by atoms with Crippen LogP contribution in [0.5, 0.6) is 23.0 Å². The summed E-state index contributed by atoms with van der Waals surface area (Å²) in [5, 5.41) is 3.44. The summed E-state index contributed by atoms with van der Waals surface area (Å²) < 4.78 is 21.3. The van der Waals surface area contributed by atoms with Crippen LogP contribution < -0.4 is 24.3 Å². The highest BCUT2D eigenvalue weighted by Gasteiger charge is 2.12. The molecule has 5 nitrogen and oxygen atoms in total. The minimum atomic E-state index is 0.314. The van der Waals surface area contributed by atoms with Gasteiger partial charge in [-0.3, -0.25) is 0 Å². The van der Waals surface area contributed by atoms with Gasteiger partial charge < -0.3 is 24.3 Å². The van der Waals surface area contributed by atoms with E-state index in [1.165, 1.54) is 5.56 Å². The van der Waals surface area contributed by atoms with E-state index >= 15 is 0 Å². The number of rotatable bonds is 7. The predicted octanol–water partition coefficient (Wildman–Crippen LogP) is 2.76.